The standard InChI is InChI=1S/C13H14F3NO3/c14-13(15,16)10-6-2-3-7-11(10)19-20-12(18)17-8-4-1-5-9-17/h2-3,6-7H,1,4-5,8-9H2. The Labute approximate surface area is 114 Å². The van der Waals surface area contributed by atoms with Crippen molar-refractivity contribution in [2.45, 2.75) is 25.4 Å². The van der Waals surface area contributed by atoms with Crippen LogP contribution in [0.15, 0.2) is 24.3 Å². The molecule has 1 heterocycles. The number of rotatable bonds is 2. The number of carbonyl (C=O) groups excluding carboxylic acids is 1. The Kier molecular flexibility index (Phi) is 4.36. The zero-order chi connectivity index (χ0) is 14.6. The van der Waals surface area contributed by atoms with Gasteiger partial charge in [0.25, 0.3) is 0 Å². The third kappa shape index (κ3) is 3.55. The van der Waals surface area contributed by atoms with Crippen LogP contribution in [-0.2, 0) is 11.1 Å². The lowest BCUT2D eigenvalue weighted by molar-refractivity contribution is -0.171. The molecule has 7 heteroatoms. The summed E-state index contributed by atoms with van der Waals surface area (Å²) < 4.78 is 38.1. The Bertz CT molecular complexity index is 470. The summed E-state index contributed by atoms with van der Waals surface area (Å²) in [5, 5.41) is 0. The maximum atomic E-state index is 12.7. The molecule has 1 amide bonds. The first-order valence-electron chi connectivity index (χ1n) is 6.28. The number of carbonyl (C=O) groups is 1. The molecule has 1 aliphatic rings. The zero-order valence-corrected chi connectivity index (χ0v) is 10.7. The maximum absolute atomic E-state index is 12.7. The van der Waals surface area contributed by atoms with E-state index in [0.29, 0.717) is 13.1 Å². The molecule has 0 aromatic heterocycles. The third-order valence-corrected chi connectivity index (χ3v) is 3.01. The summed E-state index contributed by atoms with van der Waals surface area (Å²) >= 11 is 0. The highest BCUT2D eigenvalue weighted by atomic mass is 19.4. The van der Waals surface area contributed by atoms with Crippen LogP contribution in [0.25, 0.3) is 0 Å². The SMILES string of the molecule is O=C(OOc1ccccc1C(F)(F)F)N1CCCCC1. The summed E-state index contributed by atoms with van der Waals surface area (Å²) in [6.45, 7) is 1.06. The topological polar surface area (TPSA) is 38.8 Å². The van der Waals surface area contributed by atoms with Crippen molar-refractivity contribution in [2.75, 3.05) is 13.1 Å². The van der Waals surface area contributed by atoms with Crippen molar-refractivity contribution in [1.29, 1.82) is 0 Å². The summed E-state index contributed by atoms with van der Waals surface area (Å²) in [5.41, 5.74) is -0.980. The highest BCUT2D eigenvalue weighted by Crippen LogP contribution is 2.35. The predicted molar refractivity (Wildman–Crippen MR) is 64.0 cm³/mol. The number of alkyl halides is 3. The van der Waals surface area contributed by atoms with Gasteiger partial charge >= 0.3 is 12.3 Å². The molecule has 1 aromatic carbocycles. The lowest BCUT2D eigenvalue weighted by Gasteiger charge is -2.24. The summed E-state index contributed by atoms with van der Waals surface area (Å²) in [4.78, 5) is 22.1. The van der Waals surface area contributed by atoms with Gasteiger partial charge in [-0.3, -0.25) is 4.89 Å². The van der Waals surface area contributed by atoms with Crippen molar-refractivity contribution >= 4 is 6.09 Å². The van der Waals surface area contributed by atoms with E-state index in [9.17, 15) is 18.0 Å². The highest BCUT2D eigenvalue weighted by Gasteiger charge is 2.35. The summed E-state index contributed by atoms with van der Waals surface area (Å²) in [6, 6.07) is 4.58. The molecule has 1 aromatic rings. The van der Waals surface area contributed by atoms with E-state index >= 15 is 0 Å². The van der Waals surface area contributed by atoms with Gasteiger partial charge in [0.15, 0.2) is 5.75 Å². The van der Waals surface area contributed by atoms with Gasteiger partial charge in [-0.2, -0.15) is 13.2 Å². The Morgan fingerprint density at radius 1 is 1.10 bits per heavy atom. The highest BCUT2D eigenvalue weighted by molar-refractivity contribution is 5.67. The van der Waals surface area contributed by atoms with E-state index in [2.05, 4.69) is 9.78 Å². The van der Waals surface area contributed by atoms with Crippen molar-refractivity contribution in [3.05, 3.63) is 29.8 Å². The molecule has 0 unspecified atom stereocenters. The molecular formula is C13H14F3NO3. The molecule has 0 atom stereocenters. The zero-order valence-electron chi connectivity index (χ0n) is 10.7. The van der Waals surface area contributed by atoms with Gasteiger partial charge in [0, 0.05) is 13.1 Å². The average Bonchev–Trinajstić information content (AvgIpc) is 2.45. The first-order valence-corrected chi connectivity index (χ1v) is 6.28. The molecule has 0 N–H and O–H groups in total. The summed E-state index contributed by atoms with van der Waals surface area (Å²) in [7, 11) is 0. The third-order valence-electron chi connectivity index (χ3n) is 3.01. The van der Waals surface area contributed by atoms with Crippen LogP contribution in [-0.4, -0.2) is 24.1 Å². The number of amides is 1. The van der Waals surface area contributed by atoms with Crippen LogP contribution in [0.4, 0.5) is 18.0 Å². The minimum atomic E-state index is -4.56. The smallest absolute Gasteiger partial charge is 0.305 e. The Balaban J connectivity index is 1.98. The lowest BCUT2D eigenvalue weighted by Crippen LogP contribution is -2.36. The molecule has 0 radical (unpaired) electrons. The van der Waals surface area contributed by atoms with E-state index in [1.54, 1.807) is 0 Å². The predicted octanol–water partition coefficient (Wildman–Crippen LogP) is 3.62. The van der Waals surface area contributed by atoms with Crippen molar-refractivity contribution in [2.24, 2.45) is 0 Å². The second-order valence-electron chi connectivity index (χ2n) is 4.47. The normalized spacial score (nSPS) is 15.8. The Hall–Kier alpha value is -1.92. The molecule has 20 heavy (non-hydrogen) atoms. The van der Waals surface area contributed by atoms with E-state index in [-0.39, 0.29) is 0 Å². The van der Waals surface area contributed by atoms with Gasteiger partial charge in [-0.05, 0) is 31.4 Å². The van der Waals surface area contributed by atoms with Crippen LogP contribution in [0.5, 0.6) is 5.75 Å². The first-order chi connectivity index (χ1) is 9.48. The number of hydrogen-bond donors (Lipinski definition) is 0. The van der Waals surface area contributed by atoms with Crippen LogP contribution in [0.2, 0.25) is 0 Å². The molecule has 1 saturated heterocycles. The van der Waals surface area contributed by atoms with E-state index in [4.69, 9.17) is 0 Å². The quantitative estimate of drug-likeness (QED) is 0.616. The molecule has 4 nitrogen and oxygen atoms in total. The minimum Gasteiger partial charge on any atom is -0.305 e. The van der Waals surface area contributed by atoms with Crippen LogP contribution in [0.1, 0.15) is 24.8 Å². The monoisotopic (exact) mass is 289 g/mol. The average molecular weight is 289 g/mol. The van der Waals surface area contributed by atoms with Crippen LogP contribution in [0.3, 0.4) is 0 Å². The molecule has 0 saturated carbocycles. The molecular weight excluding hydrogens is 275 g/mol. The minimum absolute atomic E-state index is 0.523. The number of nitrogens with zero attached hydrogens (tertiary/aromatic N) is 1. The molecule has 1 aliphatic heterocycles. The van der Waals surface area contributed by atoms with Gasteiger partial charge in [-0.15, -0.1) is 0 Å². The number of benzene rings is 1. The number of hydrogen-bond acceptors (Lipinski definition) is 3. The summed E-state index contributed by atoms with van der Waals surface area (Å²) in [5.74, 6) is -0.523. The Morgan fingerprint density at radius 2 is 1.75 bits per heavy atom. The molecule has 0 bridgehead atoms. The van der Waals surface area contributed by atoms with E-state index in [1.807, 2.05) is 0 Å². The fourth-order valence-corrected chi connectivity index (χ4v) is 1.98. The number of likely N-dealkylation sites (tertiary alicyclic amines) is 1. The molecule has 1 fully saturated rings. The van der Waals surface area contributed by atoms with E-state index in [0.717, 1.165) is 31.4 Å². The van der Waals surface area contributed by atoms with E-state index < -0.39 is 23.6 Å². The van der Waals surface area contributed by atoms with Gasteiger partial charge in [0.05, 0.1) is 0 Å². The second kappa shape index (κ2) is 6.02. The van der Waals surface area contributed by atoms with Gasteiger partial charge < -0.3 is 4.90 Å². The van der Waals surface area contributed by atoms with Crippen molar-refractivity contribution < 1.29 is 27.7 Å². The first kappa shape index (κ1) is 14.5. The number of para-hydroxylation sites is 1. The van der Waals surface area contributed by atoms with E-state index in [1.165, 1.54) is 17.0 Å². The van der Waals surface area contributed by atoms with Crippen LogP contribution >= 0.6 is 0 Å². The van der Waals surface area contributed by atoms with Gasteiger partial charge in [-0.25, -0.2) is 9.68 Å². The second-order valence-corrected chi connectivity index (χ2v) is 4.47. The van der Waals surface area contributed by atoms with Crippen molar-refractivity contribution in [3.8, 4) is 5.75 Å². The largest absolute Gasteiger partial charge is 0.452 e. The molecule has 2 rings (SSSR count). The van der Waals surface area contributed by atoms with Gasteiger partial charge in [0.2, 0.25) is 0 Å². The molecule has 110 valence electrons. The van der Waals surface area contributed by atoms with Crippen molar-refractivity contribution in [3.63, 3.8) is 0 Å². The van der Waals surface area contributed by atoms with Gasteiger partial charge in [-0.1, -0.05) is 12.1 Å². The summed E-state index contributed by atoms with van der Waals surface area (Å²) in [6.07, 6.45) is -2.58. The molecule has 0 aliphatic carbocycles. The molecule has 0 spiro atoms. The van der Waals surface area contributed by atoms with Crippen LogP contribution < -0.4 is 4.89 Å². The Morgan fingerprint density at radius 3 is 2.40 bits per heavy atom. The fraction of sp³-hybridized carbons (Fsp3) is 0.462. The van der Waals surface area contributed by atoms with Crippen molar-refractivity contribution in [1.82, 2.24) is 4.90 Å². The van der Waals surface area contributed by atoms with Gasteiger partial charge in [0.1, 0.15) is 5.56 Å². The van der Waals surface area contributed by atoms with Crippen LogP contribution in [0, 0.1) is 0 Å². The lowest BCUT2D eigenvalue weighted by atomic mass is 10.1. The number of piperidine rings is 1. The maximum Gasteiger partial charge on any atom is 0.452 e. The number of halogens is 3. The fourth-order valence-electron chi connectivity index (χ4n) is 1.98.